The van der Waals surface area contributed by atoms with E-state index in [9.17, 15) is 4.79 Å². The number of esters is 1. The van der Waals surface area contributed by atoms with Gasteiger partial charge in [-0.3, -0.25) is 0 Å². The molecule has 0 saturated heterocycles. The van der Waals surface area contributed by atoms with Crippen molar-refractivity contribution < 1.29 is 9.53 Å². The lowest BCUT2D eigenvalue weighted by atomic mass is 9.96. The van der Waals surface area contributed by atoms with E-state index < -0.39 is 5.97 Å². The molecule has 1 heterocycles. The first-order valence-electron chi connectivity index (χ1n) is 6.70. The number of ether oxygens (including phenoxy) is 1. The van der Waals surface area contributed by atoms with Gasteiger partial charge >= 0.3 is 5.97 Å². The molecule has 6 heteroatoms. The number of carbonyl (C=O) groups is 1. The summed E-state index contributed by atoms with van der Waals surface area (Å²) in [6.45, 7) is 0. The Bertz CT molecular complexity index is 461. The zero-order chi connectivity index (χ0) is 14.0. The lowest BCUT2D eigenvalue weighted by Crippen LogP contribution is -2.17. The minimum atomic E-state index is -0.428. The molecule has 106 valence electrons. The number of aromatic nitrogens is 2. The van der Waals surface area contributed by atoms with Gasteiger partial charge in [0.25, 0.3) is 0 Å². The van der Waals surface area contributed by atoms with Gasteiger partial charge in [0.2, 0.25) is 0 Å². The van der Waals surface area contributed by atoms with Crippen LogP contribution in [-0.4, -0.2) is 37.0 Å². The van der Waals surface area contributed by atoms with E-state index in [0.29, 0.717) is 23.2 Å². The molecule has 1 aromatic rings. The summed E-state index contributed by atoms with van der Waals surface area (Å²) < 4.78 is 6.62. The van der Waals surface area contributed by atoms with Gasteiger partial charge in [-0.1, -0.05) is 19.3 Å². The lowest BCUT2D eigenvalue weighted by Gasteiger charge is -2.22. The number of nitrogens with two attached hydrogens (primary N) is 1. The number of rotatable bonds is 3. The molecule has 1 fully saturated rings. The second-order valence-electron chi connectivity index (χ2n) is 5.21. The van der Waals surface area contributed by atoms with Crippen molar-refractivity contribution in [1.82, 2.24) is 9.78 Å². The quantitative estimate of drug-likeness (QED) is 0.845. The molecule has 0 aromatic carbocycles. The largest absolute Gasteiger partial charge is 0.465 e. The molecule has 2 rings (SSSR count). The molecule has 0 radical (unpaired) electrons. The summed E-state index contributed by atoms with van der Waals surface area (Å²) in [6.07, 6.45) is 5.78. The van der Waals surface area contributed by atoms with E-state index in [2.05, 4.69) is 5.10 Å². The zero-order valence-electron chi connectivity index (χ0n) is 11.8. The zero-order valence-corrected chi connectivity index (χ0v) is 11.8. The van der Waals surface area contributed by atoms with Gasteiger partial charge in [-0.2, -0.15) is 5.10 Å². The third-order valence-electron chi connectivity index (χ3n) is 3.66. The van der Waals surface area contributed by atoms with Crippen LogP contribution < -0.4 is 10.6 Å². The van der Waals surface area contributed by atoms with Crippen LogP contribution in [0, 0.1) is 0 Å². The Labute approximate surface area is 113 Å². The summed E-state index contributed by atoms with van der Waals surface area (Å²) in [5, 5.41) is 4.52. The van der Waals surface area contributed by atoms with Gasteiger partial charge in [0.1, 0.15) is 11.4 Å². The van der Waals surface area contributed by atoms with Crippen LogP contribution in [-0.2, 0) is 4.74 Å². The van der Waals surface area contributed by atoms with Crippen LogP contribution in [0.1, 0.15) is 48.5 Å². The number of methoxy groups -OCH3 is 1. The molecular weight excluding hydrogens is 244 g/mol. The highest BCUT2D eigenvalue weighted by atomic mass is 16.5. The monoisotopic (exact) mass is 266 g/mol. The van der Waals surface area contributed by atoms with Crippen molar-refractivity contribution in [2.75, 3.05) is 31.8 Å². The molecule has 0 bridgehead atoms. The first-order valence-corrected chi connectivity index (χ1v) is 6.70. The summed E-state index contributed by atoms with van der Waals surface area (Å²) >= 11 is 0. The molecule has 0 unspecified atom stereocenters. The molecule has 0 atom stereocenters. The molecule has 6 nitrogen and oxygen atoms in total. The lowest BCUT2D eigenvalue weighted by molar-refractivity contribution is 0.0602. The summed E-state index contributed by atoms with van der Waals surface area (Å²) in [7, 11) is 5.05. The summed E-state index contributed by atoms with van der Waals surface area (Å²) in [5.41, 5.74) is 6.50. The average molecular weight is 266 g/mol. The van der Waals surface area contributed by atoms with Crippen LogP contribution in [0.2, 0.25) is 0 Å². The number of hydrogen-bond donors (Lipinski definition) is 1. The predicted octanol–water partition coefficient (Wildman–Crippen LogP) is 1.82. The molecule has 0 aliphatic heterocycles. The molecule has 0 spiro atoms. The SMILES string of the molecule is COC(=O)c1c(N(C)C)nn(C2CCCCC2)c1N. The maximum Gasteiger partial charge on any atom is 0.345 e. The molecule has 1 aromatic heterocycles. The van der Waals surface area contributed by atoms with Gasteiger partial charge < -0.3 is 15.4 Å². The van der Waals surface area contributed by atoms with Crippen LogP contribution in [0.5, 0.6) is 0 Å². The van der Waals surface area contributed by atoms with Crippen molar-refractivity contribution in [3.63, 3.8) is 0 Å². The smallest absolute Gasteiger partial charge is 0.345 e. The van der Waals surface area contributed by atoms with E-state index >= 15 is 0 Å². The number of nitrogen functional groups attached to an aromatic ring is 1. The third kappa shape index (κ3) is 2.52. The van der Waals surface area contributed by atoms with E-state index in [1.54, 1.807) is 9.58 Å². The van der Waals surface area contributed by atoms with Gasteiger partial charge in [-0.05, 0) is 12.8 Å². The molecule has 1 aliphatic rings. The van der Waals surface area contributed by atoms with E-state index in [0.717, 1.165) is 12.8 Å². The summed E-state index contributed by atoms with van der Waals surface area (Å²) in [4.78, 5) is 13.7. The van der Waals surface area contributed by atoms with Gasteiger partial charge in [-0.15, -0.1) is 0 Å². The molecule has 1 aliphatic carbocycles. The average Bonchev–Trinajstić information content (AvgIpc) is 2.77. The highest BCUT2D eigenvalue weighted by molar-refractivity contribution is 5.99. The standard InChI is InChI=1S/C13H22N4O2/c1-16(2)12-10(13(18)19-3)11(14)17(15-12)9-7-5-4-6-8-9/h9H,4-8,14H2,1-3H3. The van der Waals surface area contributed by atoms with Crippen molar-refractivity contribution >= 4 is 17.6 Å². The van der Waals surface area contributed by atoms with Gasteiger partial charge in [0, 0.05) is 14.1 Å². The Morgan fingerprint density at radius 1 is 1.37 bits per heavy atom. The van der Waals surface area contributed by atoms with Crippen LogP contribution in [0.25, 0.3) is 0 Å². The van der Waals surface area contributed by atoms with E-state index in [1.807, 2.05) is 14.1 Å². The topological polar surface area (TPSA) is 73.4 Å². The van der Waals surface area contributed by atoms with Crippen molar-refractivity contribution in [3.8, 4) is 0 Å². The molecule has 2 N–H and O–H groups in total. The minimum absolute atomic E-state index is 0.297. The highest BCUT2D eigenvalue weighted by Crippen LogP contribution is 2.33. The second kappa shape index (κ2) is 5.50. The van der Waals surface area contributed by atoms with Gasteiger partial charge in [-0.25, -0.2) is 9.48 Å². The van der Waals surface area contributed by atoms with Crippen LogP contribution in [0.3, 0.4) is 0 Å². The number of carbonyl (C=O) groups excluding carboxylic acids is 1. The molecular formula is C13H22N4O2. The van der Waals surface area contributed by atoms with Gasteiger partial charge in [0.15, 0.2) is 5.82 Å². The fraction of sp³-hybridized carbons (Fsp3) is 0.692. The fourth-order valence-corrected chi connectivity index (χ4v) is 2.65. The Kier molecular flexibility index (Phi) is 3.97. The Morgan fingerprint density at radius 3 is 2.53 bits per heavy atom. The van der Waals surface area contributed by atoms with Crippen molar-refractivity contribution in [2.24, 2.45) is 0 Å². The Hall–Kier alpha value is -1.72. The Morgan fingerprint density at radius 2 is 2.00 bits per heavy atom. The van der Waals surface area contributed by atoms with Crippen LogP contribution >= 0.6 is 0 Å². The Balaban J connectivity index is 2.42. The highest BCUT2D eigenvalue weighted by Gasteiger charge is 2.28. The first kappa shape index (κ1) is 13.7. The molecule has 1 saturated carbocycles. The maximum atomic E-state index is 11.9. The summed E-state index contributed by atoms with van der Waals surface area (Å²) in [6, 6.07) is 0.297. The molecule has 19 heavy (non-hydrogen) atoms. The second-order valence-corrected chi connectivity index (χ2v) is 5.21. The van der Waals surface area contributed by atoms with Crippen molar-refractivity contribution in [3.05, 3.63) is 5.56 Å². The van der Waals surface area contributed by atoms with Crippen molar-refractivity contribution in [1.29, 1.82) is 0 Å². The normalized spacial score (nSPS) is 16.4. The van der Waals surface area contributed by atoms with Crippen LogP contribution in [0.15, 0.2) is 0 Å². The maximum absolute atomic E-state index is 11.9. The van der Waals surface area contributed by atoms with Gasteiger partial charge in [0.05, 0.1) is 13.2 Å². The number of hydrogen-bond acceptors (Lipinski definition) is 5. The summed E-state index contributed by atoms with van der Waals surface area (Å²) in [5.74, 6) is 0.570. The number of anilines is 2. The van der Waals surface area contributed by atoms with E-state index in [-0.39, 0.29) is 0 Å². The molecule has 0 amide bonds. The third-order valence-corrected chi connectivity index (χ3v) is 3.66. The van der Waals surface area contributed by atoms with Crippen LogP contribution in [0.4, 0.5) is 11.6 Å². The first-order chi connectivity index (χ1) is 9.06. The minimum Gasteiger partial charge on any atom is -0.465 e. The van der Waals surface area contributed by atoms with E-state index in [1.165, 1.54) is 26.4 Å². The number of nitrogens with zero attached hydrogens (tertiary/aromatic N) is 3. The predicted molar refractivity (Wildman–Crippen MR) is 74.4 cm³/mol. The van der Waals surface area contributed by atoms with Crippen molar-refractivity contribution in [2.45, 2.75) is 38.1 Å². The fourth-order valence-electron chi connectivity index (χ4n) is 2.65. The van der Waals surface area contributed by atoms with E-state index in [4.69, 9.17) is 10.5 Å².